The fourth-order valence-electron chi connectivity index (χ4n) is 1.50. The summed E-state index contributed by atoms with van der Waals surface area (Å²) in [6, 6.07) is 0.441. The van der Waals surface area contributed by atoms with Crippen LogP contribution in [0.2, 0.25) is 0 Å². The van der Waals surface area contributed by atoms with Gasteiger partial charge in [-0.2, -0.15) is 4.98 Å². The zero-order valence-corrected chi connectivity index (χ0v) is 10.1. The molecule has 1 aromatic rings. The Morgan fingerprint density at radius 1 is 1.44 bits per heavy atom. The van der Waals surface area contributed by atoms with Crippen LogP contribution < -0.4 is 15.8 Å². The zero-order chi connectivity index (χ0) is 12.0. The Balaban J connectivity index is 2.55. The minimum absolute atomic E-state index is 0.172. The molecule has 3 N–H and O–H groups in total. The molecule has 0 amide bonds. The largest absolute Gasteiger partial charge is 0.477 e. The normalized spacial score (nSPS) is 14.2. The van der Waals surface area contributed by atoms with Gasteiger partial charge in [0.2, 0.25) is 5.88 Å². The summed E-state index contributed by atoms with van der Waals surface area (Å²) in [6.45, 7) is 6.56. The van der Waals surface area contributed by atoms with Crippen molar-refractivity contribution in [1.82, 2.24) is 9.97 Å². The quantitative estimate of drug-likeness (QED) is 0.764. The lowest BCUT2D eigenvalue weighted by Crippen LogP contribution is -2.26. The Kier molecular flexibility index (Phi) is 4.98. The van der Waals surface area contributed by atoms with E-state index in [9.17, 15) is 0 Å². The van der Waals surface area contributed by atoms with Crippen molar-refractivity contribution in [2.45, 2.75) is 39.3 Å². The number of nitrogens with zero attached hydrogens (tertiary/aromatic N) is 2. The molecule has 0 aliphatic rings. The topological polar surface area (TPSA) is 73.1 Å². The van der Waals surface area contributed by atoms with Crippen molar-refractivity contribution in [3.63, 3.8) is 0 Å². The maximum atomic E-state index is 5.72. The minimum Gasteiger partial charge on any atom is -0.477 e. The Bertz CT molecular complexity index is 317. The average molecular weight is 224 g/mol. The molecular weight excluding hydrogens is 204 g/mol. The predicted molar refractivity (Wildman–Crippen MR) is 64.6 cm³/mol. The SMILES string of the molecule is CCOc1cncc(NC(C)CC(C)N)n1. The van der Waals surface area contributed by atoms with Gasteiger partial charge in [-0.15, -0.1) is 0 Å². The van der Waals surface area contributed by atoms with E-state index in [1.165, 1.54) is 0 Å². The Labute approximate surface area is 96.4 Å². The molecule has 16 heavy (non-hydrogen) atoms. The summed E-state index contributed by atoms with van der Waals surface area (Å²) in [6.07, 6.45) is 4.17. The van der Waals surface area contributed by atoms with Crippen LogP contribution >= 0.6 is 0 Å². The van der Waals surface area contributed by atoms with Crippen molar-refractivity contribution in [3.8, 4) is 5.88 Å². The summed E-state index contributed by atoms with van der Waals surface area (Å²) in [7, 11) is 0. The first-order valence-corrected chi connectivity index (χ1v) is 5.58. The van der Waals surface area contributed by atoms with Crippen LogP contribution in [0.25, 0.3) is 0 Å². The van der Waals surface area contributed by atoms with Gasteiger partial charge in [-0.1, -0.05) is 0 Å². The molecule has 1 aromatic heterocycles. The lowest BCUT2D eigenvalue weighted by molar-refractivity contribution is 0.325. The monoisotopic (exact) mass is 224 g/mol. The number of aromatic nitrogens is 2. The maximum Gasteiger partial charge on any atom is 0.234 e. The third-order valence-corrected chi connectivity index (χ3v) is 2.02. The standard InChI is InChI=1S/C11H20N4O/c1-4-16-11-7-13-6-10(15-11)14-9(3)5-8(2)12/h6-9H,4-5,12H2,1-3H3,(H,14,15). The number of nitrogens with one attached hydrogen (secondary N) is 1. The van der Waals surface area contributed by atoms with Gasteiger partial charge in [0.25, 0.3) is 0 Å². The fourth-order valence-corrected chi connectivity index (χ4v) is 1.50. The molecule has 0 saturated heterocycles. The van der Waals surface area contributed by atoms with Crippen LogP contribution in [0.1, 0.15) is 27.2 Å². The molecule has 2 unspecified atom stereocenters. The Morgan fingerprint density at radius 2 is 2.19 bits per heavy atom. The molecular formula is C11H20N4O. The summed E-state index contributed by atoms with van der Waals surface area (Å²) in [5, 5.41) is 3.24. The van der Waals surface area contributed by atoms with Gasteiger partial charge in [0.1, 0.15) is 5.82 Å². The highest BCUT2D eigenvalue weighted by molar-refractivity contribution is 5.34. The van der Waals surface area contributed by atoms with Gasteiger partial charge >= 0.3 is 0 Å². The van der Waals surface area contributed by atoms with E-state index in [0.717, 1.165) is 12.2 Å². The maximum absolute atomic E-state index is 5.72. The second kappa shape index (κ2) is 6.27. The molecule has 0 aliphatic carbocycles. The third-order valence-electron chi connectivity index (χ3n) is 2.02. The third kappa shape index (κ3) is 4.44. The number of nitrogens with two attached hydrogens (primary N) is 1. The molecule has 0 aliphatic heterocycles. The van der Waals surface area contributed by atoms with Crippen LogP contribution in [-0.4, -0.2) is 28.7 Å². The van der Waals surface area contributed by atoms with Gasteiger partial charge in [0.15, 0.2) is 0 Å². The molecule has 2 atom stereocenters. The Morgan fingerprint density at radius 3 is 2.81 bits per heavy atom. The van der Waals surface area contributed by atoms with Crippen molar-refractivity contribution in [2.24, 2.45) is 5.73 Å². The van der Waals surface area contributed by atoms with E-state index in [1.54, 1.807) is 12.4 Å². The number of ether oxygens (including phenoxy) is 1. The molecule has 0 aromatic carbocycles. The number of hydrogen-bond acceptors (Lipinski definition) is 5. The summed E-state index contributed by atoms with van der Waals surface area (Å²) < 4.78 is 5.27. The molecule has 0 bridgehead atoms. The van der Waals surface area contributed by atoms with Crippen LogP contribution in [0.3, 0.4) is 0 Å². The summed E-state index contributed by atoms with van der Waals surface area (Å²) in [5.74, 6) is 1.26. The van der Waals surface area contributed by atoms with Crippen molar-refractivity contribution >= 4 is 5.82 Å². The molecule has 5 heteroatoms. The van der Waals surface area contributed by atoms with Crippen LogP contribution in [0, 0.1) is 0 Å². The molecule has 1 heterocycles. The van der Waals surface area contributed by atoms with Crippen molar-refractivity contribution in [2.75, 3.05) is 11.9 Å². The Hall–Kier alpha value is -1.36. The lowest BCUT2D eigenvalue weighted by Gasteiger charge is -2.16. The zero-order valence-electron chi connectivity index (χ0n) is 10.1. The van der Waals surface area contributed by atoms with Crippen molar-refractivity contribution in [1.29, 1.82) is 0 Å². The molecule has 90 valence electrons. The van der Waals surface area contributed by atoms with E-state index in [4.69, 9.17) is 10.5 Å². The van der Waals surface area contributed by atoms with E-state index in [2.05, 4.69) is 22.2 Å². The minimum atomic E-state index is 0.172. The summed E-state index contributed by atoms with van der Waals surface area (Å²) in [5.41, 5.74) is 5.72. The molecule has 5 nitrogen and oxygen atoms in total. The van der Waals surface area contributed by atoms with Gasteiger partial charge in [-0.3, -0.25) is 4.98 Å². The van der Waals surface area contributed by atoms with Gasteiger partial charge in [-0.25, -0.2) is 0 Å². The van der Waals surface area contributed by atoms with Crippen molar-refractivity contribution < 1.29 is 4.74 Å². The lowest BCUT2D eigenvalue weighted by atomic mass is 10.1. The first kappa shape index (κ1) is 12.7. The first-order valence-electron chi connectivity index (χ1n) is 5.58. The van der Waals surface area contributed by atoms with E-state index in [0.29, 0.717) is 12.5 Å². The van der Waals surface area contributed by atoms with Gasteiger partial charge < -0.3 is 15.8 Å². The molecule has 0 radical (unpaired) electrons. The van der Waals surface area contributed by atoms with Gasteiger partial charge in [-0.05, 0) is 27.2 Å². The highest BCUT2D eigenvalue weighted by Crippen LogP contribution is 2.11. The van der Waals surface area contributed by atoms with Crippen LogP contribution in [0.5, 0.6) is 5.88 Å². The van der Waals surface area contributed by atoms with Crippen molar-refractivity contribution in [3.05, 3.63) is 12.4 Å². The van der Waals surface area contributed by atoms with Crippen LogP contribution in [0.4, 0.5) is 5.82 Å². The molecule has 1 rings (SSSR count). The number of rotatable bonds is 6. The number of anilines is 1. The van der Waals surface area contributed by atoms with Gasteiger partial charge in [0.05, 0.1) is 19.0 Å². The first-order chi connectivity index (χ1) is 7.61. The predicted octanol–water partition coefficient (Wildman–Crippen LogP) is 1.41. The summed E-state index contributed by atoms with van der Waals surface area (Å²) in [4.78, 5) is 8.33. The average Bonchev–Trinajstić information content (AvgIpc) is 2.17. The molecule has 0 fully saturated rings. The van der Waals surface area contributed by atoms with E-state index < -0.39 is 0 Å². The highest BCUT2D eigenvalue weighted by atomic mass is 16.5. The molecule has 0 saturated carbocycles. The fraction of sp³-hybridized carbons (Fsp3) is 0.636. The number of hydrogen-bond donors (Lipinski definition) is 2. The van der Waals surface area contributed by atoms with E-state index in [1.807, 2.05) is 13.8 Å². The smallest absolute Gasteiger partial charge is 0.234 e. The second-order valence-electron chi connectivity index (χ2n) is 3.93. The van der Waals surface area contributed by atoms with Crippen LogP contribution in [-0.2, 0) is 0 Å². The van der Waals surface area contributed by atoms with Gasteiger partial charge in [0, 0.05) is 12.1 Å². The molecule has 0 spiro atoms. The highest BCUT2D eigenvalue weighted by Gasteiger charge is 2.06. The van der Waals surface area contributed by atoms with Crippen LogP contribution in [0.15, 0.2) is 12.4 Å². The van der Waals surface area contributed by atoms with E-state index >= 15 is 0 Å². The second-order valence-corrected chi connectivity index (χ2v) is 3.93. The van der Waals surface area contributed by atoms with E-state index in [-0.39, 0.29) is 12.1 Å². The summed E-state index contributed by atoms with van der Waals surface area (Å²) >= 11 is 0.